The third-order valence-corrected chi connectivity index (χ3v) is 8.17. The number of piperidine rings is 1. The van der Waals surface area contributed by atoms with E-state index in [1.54, 1.807) is 19.9 Å². The maximum absolute atomic E-state index is 14.1. The van der Waals surface area contributed by atoms with Crippen LogP contribution >= 0.6 is 0 Å². The Kier molecular flexibility index (Phi) is 8.80. The molecule has 2 amide bonds. The first-order valence-electron chi connectivity index (χ1n) is 14.7. The number of ether oxygens (including phenoxy) is 1. The van der Waals surface area contributed by atoms with Gasteiger partial charge in [0.15, 0.2) is 0 Å². The van der Waals surface area contributed by atoms with Gasteiger partial charge in [-0.25, -0.2) is 18.3 Å². The molecule has 0 bridgehead atoms. The number of hydrogen-bond acceptors (Lipinski definition) is 7. The highest BCUT2D eigenvalue weighted by atomic mass is 19.4. The Morgan fingerprint density at radius 2 is 1.95 bits per heavy atom. The summed E-state index contributed by atoms with van der Waals surface area (Å²) in [7, 11) is 0. The van der Waals surface area contributed by atoms with E-state index in [9.17, 15) is 31.5 Å². The van der Waals surface area contributed by atoms with Crippen molar-refractivity contribution < 1.29 is 36.3 Å². The van der Waals surface area contributed by atoms with E-state index in [0.29, 0.717) is 17.9 Å². The summed E-state index contributed by atoms with van der Waals surface area (Å²) in [5, 5.41) is 14.0. The molecule has 0 radical (unpaired) electrons. The van der Waals surface area contributed by atoms with Gasteiger partial charge in [0.1, 0.15) is 11.4 Å². The van der Waals surface area contributed by atoms with E-state index in [0.717, 1.165) is 0 Å². The number of imidazole rings is 1. The van der Waals surface area contributed by atoms with E-state index in [2.05, 4.69) is 30.8 Å². The van der Waals surface area contributed by atoms with Gasteiger partial charge in [0.05, 0.1) is 30.0 Å². The first-order valence-corrected chi connectivity index (χ1v) is 14.7. The van der Waals surface area contributed by atoms with Gasteiger partial charge in [0.2, 0.25) is 17.7 Å². The molecule has 4 heterocycles. The zero-order valence-corrected chi connectivity index (χ0v) is 24.6. The van der Waals surface area contributed by atoms with Crippen LogP contribution in [0.1, 0.15) is 80.8 Å². The first-order chi connectivity index (χ1) is 20.7. The Hall–Kier alpha value is -3.85. The van der Waals surface area contributed by atoms with E-state index in [1.165, 1.54) is 21.6 Å². The minimum absolute atomic E-state index is 0.0244. The van der Waals surface area contributed by atoms with Gasteiger partial charge in [-0.15, -0.1) is 0 Å². The minimum Gasteiger partial charge on any atom is -0.474 e. The Balaban J connectivity index is 1.49. The molecule has 3 aromatic rings. The number of fused-ring (bicyclic) bond motifs is 1. The molecule has 0 spiro atoms. The summed E-state index contributed by atoms with van der Waals surface area (Å²) in [4.78, 5) is 34.9. The van der Waals surface area contributed by atoms with Gasteiger partial charge in [-0.2, -0.15) is 28.4 Å². The summed E-state index contributed by atoms with van der Waals surface area (Å²) >= 11 is 0. The van der Waals surface area contributed by atoms with E-state index in [4.69, 9.17) is 4.74 Å². The highest BCUT2D eigenvalue weighted by molar-refractivity contribution is 5.92. The van der Waals surface area contributed by atoms with Crippen LogP contribution in [0.5, 0.6) is 5.88 Å². The van der Waals surface area contributed by atoms with Crippen LogP contribution in [0.3, 0.4) is 0 Å². The third kappa shape index (κ3) is 6.93. The number of nitrogens with zero attached hydrogens (tertiary/aromatic N) is 6. The number of hydrogen-bond donors (Lipinski definition) is 2. The fourth-order valence-corrected chi connectivity index (χ4v) is 5.83. The van der Waals surface area contributed by atoms with Crippen LogP contribution in [0.15, 0.2) is 18.5 Å². The monoisotopic (exact) mass is 626 g/mol. The largest absolute Gasteiger partial charge is 0.474 e. The molecule has 1 aliphatic heterocycles. The molecule has 11 nitrogen and oxygen atoms in total. The van der Waals surface area contributed by atoms with E-state index in [1.807, 2.05) is 6.92 Å². The lowest BCUT2D eigenvalue weighted by Gasteiger charge is -2.33. The second-order valence-electron chi connectivity index (χ2n) is 11.7. The maximum Gasteiger partial charge on any atom is 0.393 e. The summed E-state index contributed by atoms with van der Waals surface area (Å²) in [6, 6.07) is 0.793. The molecule has 5 rings (SSSR count). The molecule has 0 aromatic carbocycles. The fraction of sp³-hybridized carbons (Fsp3) is 0.643. The number of halogens is 5. The minimum atomic E-state index is -4.46. The second kappa shape index (κ2) is 12.3. The van der Waals surface area contributed by atoms with Gasteiger partial charge >= 0.3 is 6.18 Å². The van der Waals surface area contributed by atoms with Gasteiger partial charge < -0.3 is 15.4 Å². The van der Waals surface area contributed by atoms with Crippen LogP contribution < -0.4 is 15.4 Å². The Morgan fingerprint density at radius 3 is 2.61 bits per heavy atom. The lowest BCUT2D eigenvalue weighted by atomic mass is 9.81. The summed E-state index contributed by atoms with van der Waals surface area (Å²) in [5.41, 5.74) is 0.802. The topological polar surface area (TPSA) is 128 Å². The van der Waals surface area contributed by atoms with E-state index < -0.39 is 54.8 Å². The van der Waals surface area contributed by atoms with Crippen molar-refractivity contribution in [3.63, 3.8) is 0 Å². The number of carbonyl (C=O) groups is 2. The summed E-state index contributed by atoms with van der Waals surface area (Å²) in [6.07, 6.45) is -2.77. The number of nitrogens with one attached hydrogen (secondary N) is 2. The summed E-state index contributed by atoms with van der Waals surface area (Å²) in [6.45, 7) is 5.28. The number of carbonyl (C=O) groups excluding carboxylic acids is 2. The molecule has 1 saturated carbocycles. The Labute approximate surface area is 249 Å². The van der Waals surface area contributed by atoms with Crippen LogP contribution in [0.2, 0.25) is 0 Å². The Morgan fingerprint density at radius 1 is 1.23 bits per heavy atom. The zero-order chi connectivity index (χ0) is 31.8. The van der Waals surface area contributed by atoms with Crippen molar-refractivity contribution in [1.82, 2.24) is 40.0 Å². The van der Waals surface area contributed by atoms with Crippen molar-refractivity contribution >= 4 is 17.6 Å². The van der Waals surface area contributed by atoms with Crippen LogP contribution in [-0.2, 0) is 17.8 Å². The molecule has 16 heteroatoms. The highest BCUT2D eigenvalue weighted by Gasteiger charge is 2.45. The average molecular weight is 627 g/mol. The number of rotatable bonds is 9. The lowest BCUT2D eigenvalue weighted by Crippen LogP contribution is -2.47. The standard InChI is InChI=1S/C28H35F5N8O3/c1-4-40-21(7-10-35-40)24(43)37-22(16-5-8-27(29,30)9-6-16)20-14-41-26(36-20)38-25(44-15(2)3)19(39-41)12-17-11-18(28(31,32)33)13-34-23(17)42/h7,10,14-18,22H,4-6,8-9,11-13H2,1-3H3,(H,34,42)(H,37,43)/t17-,18-,22+/m1/s1. The highest BCUT2D eigenvalue weighted by Crippen LogP contribution is 2.41. The SMILES string of the molecule is CCn1nccc1C(=O)N[C@H](c1cn2nc(C[C@H]3C[C@@H](C(F)(F)F)CNC3=O)c(OC(C)C)nc2n1)C1CCC(F)(F)CC1. The molecule has 0 unspecified atom stereocenters. The Bertz CT molecular complexity index is 1490. The molecule has 2 aliphatic rings. The van der Waals surface area contributed by atoms with Crippen LogP contribution in [0.25, 0.3) is 5.78 Å². The third-order valence-electron chi connectivity index (χ3n) is 8.17. The average Bonchev–Trinajstić information content (AvgIpc) is 3.59. The van der Waals surface area contributed by atoms with Gasteiger partial charge in [0.25, 0.3) is 11.7 Å². The van der Waals surface area contributed by atoms with Gasteiger partial charge in [0, 0.05) is 44.5 Å². The van der Waals surface area contributed by atoms with Gasteiger partial charge in [-0.05, 0) is 52.0 Å². The number of amides is 2. The number of aryl methyl sites for hydroxylation is 1. The maximum atomic E-state index is 14.1. The predicted molar refractivity (Wildman–Crippen MR) is 146 cm³/mol. The number of aromatic nitrogens is 6. The van der Waals surface area contributed by atoms with Crippen LogP contribution in [-0.4, -0.2) is 65.9 Å². The predicted octanol–water partition coefficient (Wildman–Crippen LogP) is 4.28. The summed E-state index contributed by atoms with van der Waals surface area (Å²) in [5.74, 6) is -6.71. The van der Waals surface area contributed by atoms with Gasteiger partial charge in [-0.1, -0.05) is 0 Å². The molecule has 1 saturated heterocycles. The van der Waals surface area contributed by atoms with Crippen molar-refractivity contribution in [3.05, 3.63) is 35.5 Å². The zero-order valence-electron chi connectivity index (χ0n) is 24.6. The van der Waals surface area contributed by atoms with Crippen molar-refractivity contribution in [3.8, 4) is 5.88 Å². The lowest BCUT2D eigenvalue weighted by molar-refractivity contribution is -0.183. The molecule has 1 aliphatic carbocycles. The summed E-state index contributed by atoms with van der Waals surface area (Å²) < 4.78 is 77.1. The van der Waals surface area contributed by atoms with Crippen molar-refractivity contribution in [2.75, 3.05) is 6.54 Å². The van der Waals surface area contributed by atoms with Crippen molar-refractivity contribution in [2.24, 2.45) is 17.8 Å². The molecule has 3 aromatic heterocycles. The second-order valence-corrected chi connectivity index (χ2v) is 11.7. The van der Waals surface area contributed by atoms with Gasteiger partial charge in [-0.3, -0.25) is 14.3 Å². The molecule has 240 valence electrons. The molecule has 2 fully saturated rings. The first kappa shape index (κ1) is 31.6. The quantitative estimate of drug-likeness (QED) is 0.340. The molecule has 3 atom stereocenters. The van der Waals surface area contributed by atoms with Crippen molar-refractivity contribution in [2.45, 2.75) is 90.1 Å². The van der Waals surface area contributed by atoms with Crippen LogP contribution in [0.4, 0.5) is 22.0 Å². The molecular formula is C28H35F5N8O3. The van der Waals surface area contributed by atoms with Crippen LogP contribution in [0, 0.1) is 17.8 Å². The van der Waals surface area contributed by atoms with E-state index in [-0.39, 0.29) is 61.5 Å². The molecular weight excluding hydrogens is 591 g/mol. The molecule has 2 N–H and O–H groups in total. The smallest absolute Gasteiger partial charge is 0.393 e. The normalized spacial score (nSPS) is 21.8. The number of alkyl halides is 5. The van der Waals surface area contributed by atoms with E-state index >= 15 is 0 Å². The fourth-order valence-electron chi connectivity index (χ4n) is 5.83. The molecule has 44 heavy (non-hydrogen) atoms. The van der Waals surface area contributed by atoms with Crippen molar-refractivity contribution in [1.29, 1.82) is 0 Å².